The van der Waals surface area contributed by atoms with E-state index in [0.29, 0.717) is 12.1 Å². The van der Waals surface area contributed by atoms with Gasteiger partial charge in [-0.1, -0.05) is 24.3 Å². The summed E-state index contributed by atoms with van der Waals surface area (Å²) in [4.78, 5) is 23.6. The molecule has 2 aromatic carbocycles. The van der Waals surface area contributed by atoms with Gasteiger partial charge in [0.25, 0.3) is 5.91 Å². The van der Waals surface area contributed by atoms with Gasteiger partial charge < -0.3 is 15.4 Å². The lowest BCUT2D eigenvalue weighted by molar-refractivity contribution is -0.140. The van der Waals surface area contributed by atoms with E-state index in [1.54, 1.807) is 12.1 Å². The molecule has 1 atom stereocenters. The fourth-order valence-electron chi connectivity index (χ4n) is 3.62. The second kappa shape index (κ2) is 10.1. The van der Waals surface area contributed by atoms with Crippen LogP contribution < -0.4 is 10.6 Å². The van der Waals surface area contributed by atoms with Gasteiger partial charge in [0, 0.05) is 18.7 Å². The monoisotopic (exact) mass is 426 g/mol. The average Bonchev–Trinajstić information content (AvgIpc) is 2.73. The molecule has 0 saturated heterocycles. The van der Waals surface area contributed by atoms with Crippen LogP contribution in [-0.4, -0.2) is 31.1 Å². The molecular formula is C24H24F2N2O3. The number of esters is 1. The molecule has 2 aromatic rings. The number of carbonyl (C=O) groups is 2. The fraction of sp³-hybridized carbons (Fsp3) is 0.250. The van der Waals surface area contributed by atoms with Crippen LogP contribution in [0, 0.1) is 11.6 Å². The average molecular weight is 426 g/mol. The number of hydrogen-bond donors (Lipinski definition) is 2. The largest absolute Gasteiger partial charge is 0.461 e. The van der Waals surface area contributed by atoms with Crippen molar-refractivity contribution in [2.24, 2.45) is 0 Å². The van der Waals surface area contributed by atoms with Gasteiger partial charge in [0.05, 0.1) is 0 Å². The molecule has 2 N–H and O–H groups in total. The van der Waals surface area contributed by atoms with Gasteiger partial charge in [0.2, 0.25) is 0 Å². The summed E-state index contributed by atoms with van der Waals surface area (Å²) in [5.41, 5.74) is 2.75. The molecule has 1 aliphatic rings. The number of nitrogens with one attached hydrogen (secondary N) is 2. The Kier molecular flexibility index (Phi) is 7.31. The zero-order valence-electron chi connectivity index (χ0n) is 17.2. The summed E-state index contributed by atoms with van der Waals surface area (Å²) in [5.74, 6) is -3.05. The zero-order valence-corrected chi connectivity index (χ0v) is 17.2. The Labute approximate surface area is 179 Å². The summed E-state index contributed by atoms with van der Waals surface area (Å²) in [6, 6.07) is 10.3. The highest BCUT2D eigenvalue weighted by Gasteiger charge is 2.24. The lowest BCUT2D eigenvalue weighted by Gasteiger charge is -2.29. The molecule has 0 saturated carbocycles. The summed E-state index contributed by atoms with van der Waals surface area (Å²) in [5, 5.41) is 5.93. The topological polar surface area (TPSA) is 67.4 Å². The molecule has 5 nitrogen and oxygen atoms in total. The van der Waals surface area contributed by atoms with Crippen LogP contribution in [0.1, 0.15) is 35.7 Å². The second-order valence-electron chi connectivity index (χ2n) is 7.19. The Morgan fingerprint density at radius 2 is 1.87 bits per heavy atom. The molecule has 0 aromatic heterocycles. The van der Waals surface area contributed by atoms with E-state index in [1.165, 1.54) is 13.0 Å². The van der Waals surface area contributed by atoms with Crippen molar-refractivity contribution in [3.8, 4) is 0 Å². The Balaban J connectivity index is 1.84. The van der Waals surface area contributed by atoms with Crippen molar-refractivity contribution in [3.63, 3.8) is 0 Å². The zero-order chi connectivity index (χ0) is 22.4. The molecule has 31 heavy (non-hydrogen) atoms. The molecule has 162 valence electrons. The van der Waals surface area contributed by atoms with Crippen LogP contribution in [0.15, 0.2) is 60.7 Å². The molecular weight excluding hydrogens is 402 g/mol. The van der Waals surface area contributed by atoms with Crippen molar-refractivity contribution in [1.82, 2.24) is 5.32 Å². The standard InChI is InChI=1S/C24H24F2N2O3/c1-3-5-22-19(14-31-15(2)29)18(12-13-27-22)16-8-10-17(11-9-16)28-24(30)23-20(25)6-4-7-21(23)26/h3-4,6-11,22,27H,1,5,12-14H2,2H3,(H,28,30). The van der Waals surface area contributed by atoms with Gasteiger partial charge in [0.15, 0.2) is 0 Å². The van der Waals surface area contributed by atoms with E-state index in [-0.39, 0.29) is 18.6 Å². The SMILES string of the molecule is C=CCC1NCCC(c2ccc(NC(=O)c3c(F)cccc3F)cc2)=C1COC(C)=O. The Hall–Kier alpha value is -3.32. The van der Waals surface area contributed by atoms with Gasteiger partial charge in [-0.15, -0.1) is 6.58 Å². The maximum atomic E-state index is 13.8. The number of benzene rings is 2. The summed E-state index contributed by atoms with van der Waals surface area (Å²) in [7, 11) is 0. The molecule has 0 radical (unpaired) electrons. The summed E-state index contributed by atoms with van der Waals surface area (Å²) < 4.78 is 32.9. The van der Waals surface area contributed by atoms with Crippen molar-refractivity contribution >= 4 is 23.1 Å². The summed E-state index contributed by atoms with van der Waals surface area (Å²) >= 11 is 0. The van der Waals surface area contributed by atoms with Crippen molar-refractivity contribution in [3.05, 3.63) is 83.5 Å². The molecule has 0 bridgehead atoms. The molecule has 1 unspecified atom stereocenters. The lowest BCUT2D eigenvalue weighted by Crippen LogP contribution is -2.37. The van der Waals surface area contributed by atoms with Crippen LogP contribution in [-0.2, 0) is 9.53 Å². The van der Waals surface area contributed by atoms with Crippen LogP contribution in [0.5, 0.6) is 0 Å². The van der Waals surface area contributed by atoms with Gasteiger partial charge in [-0.2, -0.15) is 0 Å². The maximum absolute atomic E-state index is 13.8. The number of halogens is 2. The highest BCUT2D eigenvalue weighted by molar-refractivity contribution is 6.04. The minimum atomic E-state index is -0.919. The van der Waals surface area contributed by atoms with Gasteiger partial charge in [-0.3, -0.25) is 9.59 Å². The second-order valence-corrected chi connectivity index (χ2v) is 7.19. The fourth-order valence-corrected chi connectivity index (χ4v) is 3.62. The predicted octanol–water partition coefficient (Wildman–Crippen LogP) is 4.47. The number of rotatable bonds is 7. The third kappa shape index (κ3) is 5.44. The van der Waals surface area contributed by atoms with Gasteiger partial charge in [0.1, 0.15) is 23.8 Å². The molecule has 0 fully saturated rings. The van der Waals surface area contributed by atoms with E-state index in [9.17, 15) is 18.4 Å². The predicted molar refractivity (Wildman–Crippen MR) is 116 cm³/mol. The number of amides is 1. The van der Waals surface area contributed by atoms with E-state index in [2.05, 4.69) is 17.2 Å². The minimum absolute atomic E-state index is 0.0176. The first-order chi connectivity index (χ1) is 14.9. The molecule has 1 heterocycles. The number of carbonyl (C=O) groups excluding carboxylic acids is 2. The molecule has 1 amide bonds. The van der Waals surface area contributed by atoms with E-state index in [1.807, 2.05) is 18.2 Å². The molecule has 3 rings (SSSR count). The van der Waals surface area contributed by atoms with Crippen molar-refractivity contribution in [2.75, 3.05) is 18.5 Å². The smallest absolute Gasteiger partial charge is 0.302 e. The first kappa shape index (κ1) is 22.4. The van der Waals surface area contributed by atoms with E-state index in [0.717, 1.165) is 41.8 Å². The van der Waals surface area contributed by atoms with Crippen molar-refractivity contribution in [1.29, 1.82) is 0 Å². The van der Waals surface area contributed by atoms with Gasteiger partial charge in [-0.25, -0.2) is 8.78 Å². The third-order valence-electron chi connectivity index (χ3n) is 5.09. The molecule has 0 aliphatic carbocycles. The van der Waals surface area contributed by atoms with Crippen molar-refractivity contribution < 1.29 is 23.1 Å². The van der Waals surface area contributed by atoms with Gasteiger partial charge >= 0.3 is 5.97 Å². The number of hydrogen-bond acceptors (Lipinski definition) is 4. The van der Waals surface area contributed by atoms with E-state index >= 15 is 0 Å². The Bertz CT molecular complexity index is 996. The van der Waals surface area contributed by atoms with Gasteiger partial charge in [-0.05, 0) is 60.4 Å². The minimum Gasteiger partial charge on any atom is -0.461 e. The highest BCUT2D eigenvalue weighted by Crippen LogP contribution is 2.30. The number of anilines is 1. The van der Waals surface area contributed by atoms with Crippen LogP contribution >= 0.6 is 0 Å². The highest BCUT2D eigenvalue weighted by atomic mass is 19.1. The summed E-state index contributed by atoms with van der Waals surface area (Å²) in [6.45, 7) is 6.11. The Morgan fingerprint density at radius 3 is 2.48 bits per heavy atom. The third-order valence-corrected chi connectivity index (χ3v) is 5.09. The van der Waals surface area contributed by atoms with Crippen LogP contribution in [0.4, 0.5) is 14.5 Å². The lowest BCUT2D eigenvalue weighted by atomic mass is 9.88. The maximum Gasteiger partial charge on any atom is 0.302 e. The van der Waals surface area contributed by atoms with E-state index < -0.39 is 23.1 Å². The van der Waals surface area contributed by atoms with Crippen LogP contribution in [0.25, 0.3) is 5.57 Å². The number of ether oxygens (including phenoxy) is 1. The van der Waals surface area contributed by atoms with Crippen LogP contribution in [0.2, 0.25) is 0 Å². The normalized spacial score (nSPS) is 16.0. The first-order valence-electron chi connectivity index (χ1n) is 9.96. The molecule has 0 spiro atoms. The Morgan fingerprint density at radius 1 is 1.19 bits per heavy atom. The van der Waals surface area contributed by atoms with E-state index in [4.69, 9.17) is 4.74 Å². The summed E-state index contributed by atoms with van der Waals surface area (Å²) in [6.07, 6.45) is 3.26. The molecule has 1 aliphatic heterocycles. The molecule has 7 heteroatoms. The van der Waals surface area contributed by atoms with Crippen molar-refractivity contribution in [2.45, 2.75) is 25.8 Å². The van der Waals surface area contributed by atoms with Crippen LogP contribution in [0.3, 0.4) is 0 Å². The first-order valence-corrected chi connectivity index (χ1v) is 9.96. The quantitative estimate of drug-likeness (QED) is 0.506.